The van der Waals surface area contributed by atoms with Crippen LogP contribution in [0, 0.1) is 5.92 Å². The van der Waals surface area contributed by atoms with Crippen molar-refractivity contribution in [3.05, 3.63) is 6.07 Å². The second-order valence-electron chi connectivity index (χ2n) is 5.69. The Morgan fingerprint density at radius 1 is 1.33 bits per heavy atom. The Balaban J connectivity index is 2.03. The second-order valence-corrected chi connectivity index (χ2v) is 6.46. The lowest BCUT2D eigenvalue weighted by Crippen LogP contribution is -2.25. The monoisotopic (exact) mass is 309 g/mol. The van der Waals surface area contributed by atoms with E-state index in [2.05, 4.69) is 29.1 Å². The van der Waals surface area contributed by atoms with Crippen LogP contribution in [0.3, 0.4) is 0 Å². The van der Waals surface area contributed by atoms with Gasteiger partial charge in [-0.05, 0) is 37.9 Å². The van der Waals surface area contributed by atoms with Crippen LogP contribution in [0.25, 0.3) is 0 Å². The molecule has 1 aliphatic carbocycles. The molecule has 1 aromatic heterocycles. The summed E-state index contributed by atoms with van der Waals surface area (Å²) in [4.78, 5) is 8.97. The maximum Gasteiger partial charge on any atom is 0.219 e. The van der Waals surface area contributed by atoms with Crippen LogP contribution in [0.1, 0.15) is 52.4 Å². The largest absolute Gasteiger partial charge is 0.474 e. The Bertz CT molecular complexity index is 442. The highest BCUT2D eigenvalue weighted by Gasteiger charge is 2.22. The summed E-state index contributed by atoms with van der Waals surface area (Å²) in [5, 5.41) is 4.09. The van der Waals surface area contributed by atoms with Gasteiger partial charge in [0.1, 0.15) is 11.9 Å². The fraction of sp³-hybridized carbons (Fsp3) is 0.750. The molecular weight excluding hydrogens is 282 g/mol. The van der Waals surface area contributed by atoms with Crippen LogP contribution in [0.15, 0.2) is 11.2 Å². The van der Waals surface area contributed by atoms with Crippen LogP contribution in [0.4, 0.5) is 5.82 Å². The molecule has 1 fully saturated rings. The SMILES string of the molecule is CCCNc1cc(OC2CCCC(CC)C2)nc(SC)n1. The predicted octanol–water partition coefficient (Wildman–Crippen LogP) is 4.37. The highest BCUT2D eigenvalue weighted by molar-refractivity contribution is 7.98. The van der Waals surface area contributed by atoms with Crippen molar-refractivity contribution in [1.82, 2.24) is 9.97 Å². The van der Waals surface area contributed by atoms with Gasteiger partial charge >= 0.3 is 0 Å². The molecule has 1 saturated carbocycles. The Kier molecular flexibility index (Phi) is 6.61. The van der Waals surface area contributed by atoms with E-state index in [1.54, 1.807) is 11.8 Å². The average Bonchev–Trinajstić information content (AvgIpc) is 2.52. The fourth-order valence-corrected chi connectivity index (χ4v) is 3.16. The summed E-state index contributed by atoms with van der Waals surface area (Å²) in [5.74, 6) is 2.40. The van der Waals surface area contributed by atoms with Crippen molar-refractivity contribution in [2.75, 3.05) is 18.1 Å². The zero-order chi connectivity index (χ0) is 15.1. The average molecular weight is 309 g/mol. The summed E-state index contributed by atoms with van der Waals surface area (Å²) in [6.45, 7) is 5.34. The van der Waals surface area contributed by atoms with E-state index >= 15 is 0 Å². The molecule has 0 bridgehead atoms. The van der Waals surface area contributed by atoms with Crippen LogP contribution < -0.4 is 10.1 Å². The van der Waals surface area contributed by atoms with E-state index in [0.29, 0.717) is 6.10 Å². The molecule has 2 unspecified atom stereocenters. The van der Waals surface area contributed by atoms with E-state index in [1.165, 1.54) is 19.3 Å². The number of hydrogen-bond donors (Lipinski definition) is 1. The lowest BCUT2D eigenvalue weighted by atomic mass is 9.85. The smallest absolute Gasteiger partial charge is 0.219 e. The first-order valence-electron chi connectivity index (χ1n) is 8.08. The second kappa shape index (κ2) is 8.47. The third-order valence-electron chi connectivity index (χ3n) is 4.02. The van der Waals surface area contributed by atoms with Gasteiger partial charge in [-0.25, -0.2) is 4.98 Å². The quantitative estimate of drug-likeness (QED) is 0.598. The van der Waals surface area contributed by atoms with E-state index in [1.807, 2.05) is 12.3 Å². The minimum atomic E-state index is 0.312. The molecule has 0 aromatic carbocycles. The van der Waals surface area contributed by atoms with E-state index in [-0.39, 0.29) is 0 Å². The van der Waals surface area contributed by atoms with Gasteiger partial charge in [0.2, 0.25) is 5.88 Å². The van der Waals surface area contributed by atoms with Crippen LogP contribution in [0.2, 0.25) is 0 Å². The molecule has 118 valence electrons. The molecule has 2 rings (SSSR count). The molecule has 0 amide bonds. The number of nitrogens with one attached hydrogen (secondary N) is 1. The molecule has 4 nitrogen and oxygen atoms in total. The topological polar surface area (TPSA) is 47.0 Å². The van der Waals surface area contributed by atoms with Gasteiger partial charge in [0.15, 0.2) is 5.16 Å². The molecule has 2 atom stereocenters. The summed E-state index contributed by atoms with van der Waals surface area (Å²) in [6, 6.07) is 1.94. The summed E-state index contributed by atoms with van der Waals surface area (Å²) in [5.41, 5.74) is 0. The first-order valence-corrected chi connectivity index (χ1v) is 9.31. The number of hydrogen-bond acceptors (Lipinski definition) is 5. The molecule has 1 aromatic rings. The number of ether oxygens (including phenoxy) is 1. The van der Waals surface area contributed by atoms with Crippen LogP contribution in [-0.2, 0) is 0 Å². The van der Waals surface area contributed by atoms with Gasteiger partial charge in [-0.3, -0.25) is 0 Å². The van der Waals surface area contributed by atoms with Crippen molar-refractivity contribution in [2.24, 2.45) is 5.92 Å². The van der Waals surface area contributed by atoms with E-state index in [0.717, 1.165) is 48.6 Å². The predicted molar refractivity (Wildman–Crippen MR) is 89.3 cm³/mol. The lowest BCUT2D eigenvalue weighted by Gasteiger charge is -2.28. The van der Waals surface area contributed by atoms with E-state index < -0.39 is 0 Å². The summed E-state index contributed by atoms with van der Waals surface area (Å²) in [6.07, 6.45) is 9.56. The molecule has 0 saturated heterocycles. The van der Waals surface area contributed by atoms with Crippen molar-refractivity contribution in [3.63, 3.8) is 0 Å². The van der Waals surface area contributed by atoms with Crippen molar-refractivity contribution in [2.45, 2.75) is 63.6 Å². The van der Waals surface area contributed by atoms with Crippen LogP contribution in [0.5, 0.6) is 5.88 Å². The maximum atomic E-state index is 6.15. The van der Waals surface area contributed by atoms with Crippen molar-refractivity contribution < 1.29 is 4.74 Å². The molecule has 0 aliphatic heterocycles. The van der Waals surface area contributed by atoms with Gasteiger partial charge in [0.25, 0.3) is 0 Å². The standard InChI is InChI=1S/C16H27N3OS/c1-4-9-17-14-11-15(19-16(18-14)21-3)20-13-8-6-7-12(5-2)10-13/h11-13H,4-10H2,1-3H3,(H,17,18,19). The van der Waals surface area contributed by atoms with Crippen molar-refractivity contribution in [3.8, 4) is 5.88 Å². The molecular formula is C16H27N3OS. The first kappa shape index (κ1) is 16.4. The first-order chi connectivity index (χ1) is 10.2. The molecule has 0 radical (unpaired) electrons. The number of nitrogens with zero attached hydrogens (tertiary/aromatic N) is 2. The van der Waals surface area contributed by atoms with Gasteiger partial charge in [-0.2, -0.15) is 4.98 Å². The normalized spacial score (nSPS) is 22.0. The third-order valence-corrected chi connectivity index (χ3v) is 4.57. The van der Waals surface area contributed by atoms with Crippen molar-refractivity contribution >= 4 is 17.6 Å². The number of rotatable bonds is 7. The molecule has 1 heterocycles. The Morgan fingerprint density at radius 3 is 2.90 bits per heavy atom. The van der Waals surface area contributed by atoms with Gasteiger partial charge in [-0.1, -0.05) is 38.5 Å². The molecule has 0 spiro atoms. The van der Waals surface area contributed by atoms with Gasteiger partial charge in [0.05, 0.1) is 0 Å². The van der Waals surface area contributed by atoms with Crippen LogP contribution >= 0.6 is 11.8 Å². The molecule has 21 heavy (non-hydrogen) atoms. The zero-order valence-electron chi connectivity index (χ0n) is 13.4. The van der Waals surface area contributed by atoms with E-state index in [4.69, 9.17) is 4.74 Å². The number of aromatic nitrogens is 2. The summed E-state index contributed by atoms with van der Waals surface area (Å²) < 4.78 is 6.15. The lowest BCUT2D eigenvalue weighted by molar-refractivity contribution is 0.116. The Labute approximate surface area is 132 Å². The number of thioether (sulfide) groups is 1. The van der Waals surface area contributed by atoms with Crippen molar-refractivity contribution in [1.29, 1.82) is 0 Å². The number of anilines is 1. The van der Waals surface area contributed by atoms with Gasteiger partial charge < -0.3 is 10.1 Å². The Morgan fingerprint density at radius 2 is 2.19 bits per heavy atom. The van der Waals surface area contributed by atoms with Gasteiger partial charge in [-0.15, -0.1) is 0 Å². The summed E-state index contributed by atoms with van der Waals surface area (Å²) in [7, 11) is 0. The molecule has 1 aliphatic rings. The third kappa shape index (κ3) is 5.06. The van der Waals surface area contributed by atoms with Crippen LogP contribution in [-0.4, -0.2) is 28.9 Å². The zero-order valence-corrected chi connectivity index (χ0v) is 14.2. The van der Waals surface area contributed by atoms with Gasteiger partial charge in [0, 0.05) is 12.6 Å². The molecule has 5 heteroatoms. The highest BCUT2D eigenvalue weighted by atomic mass is 32.2. The maximum absolute atomic E-state index is 6.15. The fourth-order valence-electron chi connectivity index (χ4n) is 2.79. The minimum Gasteiger partial charge on any atom is -0.474 e. The minimum absolute atomic E-state index is 0.312. The summed E-state index contributed by atoms with van der Waals surface area (Å²) >= 11 is 1.56. The highest BCUT2D eigenvalue weighted by Crippen LogP contribution is 2.30. The molecule has 1 N–H and O–H groups in total. The Hall–Kier alpha value is -0.970. The van der Waals surface area contributed by atoms with E-state index in [9.17, 15) is 0 Å².